The van der Waals surface area contributed by atoms with Gasteiger partial charge in [-0.2, -0.15) is 9.78 Å². The lowest BCUT2D eigenvalue weighted by Gasteiger charge is -2.34. The third-order valence-corrected chi connectivity index (χ3v) is 6.21. The molecule has 7 heteroatoms. The van der Waals surface area contributed by atoms with Crippen LogP contribution in [0.15, 0.2) is 53.3 Å². The molecular formula is C26H32N4O3. The summed E-state index contributed by atoms with van der Waals surface area (Å²) in [7, 11) is 1.54. The molecule has 3 aromatic rings. The van der Waals surface area contributed by atoms with Crippen LogP contribution in [0.4, 0.5) is 0 Å². The second-order valence-corrected chi connectivity index (χ2v) is 9.10. The number of methoxy groups -OCH3 is 1. The molecule has 2 heterocycles. The van der Waals surface area contributed by atoms with E-state index in [0.29, 0.717) is 28.8 Å². The minimum Gasteiger partial charge on any atom is -0.494 e. The highest BCUT2D eigenvalue weighted by Gasteiger charge is 2.22. The number of para-hydroxylation sites is 2. The van der Waals surface area contributed by atoms with Crippen LogP contribution in [0.2, 0.25) is 0 Å². The van der Waals surface area contributed by atoms with Crippen LogP contribution in [0, 0.1) is 11.8 Å². The van der Waals surface area contributed by atoms with Crippen LogP contribution in [0.3, 0.4) is 0 Å². The van der Waals surface area contributed by atoms with Crippen molar-refractivity contribution in [3.05, 3.63) is 64.6 Å². The van der Waals surface area contributed by atoms with Gasteiger partial charge in [0, 0.05) is 25.0 Å². The van der Waals surface area contributed by atoms with Gasteiger partial charge in [0.15, 0.2) is 5.69 Å². The minimum atomic E-state index is -0.292. The Morgan fingerprint density at radius 3 is 2.45 bits per heavy atom. The van der Waals surface area contributed by atoms with E-state index >= 15 is 0 Å². The number of nitrogens with one attached hydrogen (secondary N) is 1. The van der Waals surface area contributed by atoms with Gasteiger partial charge >= 0.3 is 0 Å². The molecule has 1 N–H and O–H groups in total. The number of piperidine rings is 1. The molecule has 1 saturated heterocycles. The van der Waals surface area contributed by atoms with Crippen molar-refractivity contribution in [3.63, 3.8) is 0 Å². The Balaban J connectivity index is 1.55. The Morgan fingerprint density at radius 1 is 1.06 bits per heavy atom. The summed E-state index contributed by atoms with van der Waals surface area (Å²) in [5, 5.41) is 8.46. The summed E-state index contributed by atoms with van der Waals surface area (Å²) >= 11 is 0. The zero-order chi connectivity index (χ0) is 23.4. The molecule has 2 aromatic carbocycles. The second-order valence-electron chi connectivity index (χ2n) is 9.10. The highest BCUT2D eigenvalue weighted by molar-refractivity contribution is 6.04. The number of fused-ring (bicyclic) bond motifs is 1. The summed E-state index contributed by atoms with van der Waals surface area (Å²) in [5.41, 5.74) is 0.439. The third-order valence-electron chi connectivity index (χ3n) is 6.21. The Labute approximate surface area is 194 Å². The van der Waals surface area contributed by atoms with Gasteiger partial charge in [-0.05, 0) is 49.4 Å². The molecule has 0 unspecified atom stereocenters. The maximum absolute atomic E-state index is 13.2. The number of hydrogen-bond acceptors (Lipinski definition) is 5. The maximum Gasteiger partial charge on any atom is 0.279 e. The van der Waals surface area contributed by atoms with Crippen molar-refractivity contribution < 1.29 is 9.53 Å². The molecule has 0 spiro atoms. The Morgan fingerprint density at radius 2 is 1.73 bits per heavy atom. The van der Waals surface area contributed by atoms with Crippen molar-refractivity contribution in [1.29, 1.82) is 0 Å². The fourth-order valence-electron chi connectivity index (χ4n) is 4.89. The van der Waals surface area contributed by atoms with E-state index in [1.165, 1.54) is 11.1 Å². The first-order chi connectivity index (χ1) is 16.0. The van der Waals surface area contributed by atoms with Crippen molar-refractivity contribution >= 4 is 16.7 Å². The quantitative estimate of drug-likeness (QED) is 0.560. The monoisotopic (exact) mass is 448 g/mol. The Bertz CT molecular complexity index is 1180. The molecule has 0 aliphatic carbocycles. The van der Waals surface area contributed by atoms with Crippen molar-refractivity contribution in [2.24, 2.45) is 11.8 Å². The van der Waals surface area contributed by atoms with Gasteiger partial charge in [-0.1, -0.05) is 44.2 Å². The van der Waals surface area contributed by atoms with Crippen molar-refractivity contribution in [2.45, 2.75) is 26.7 Å². The van der Waals surface area contributed by atoms with Crippen LogP contribution in [-0.2, 0) is 0 Å². The summed E-state index contributed by atoms with van der Waals surface area (Å²) in [4.78, 5) is 28.8. The van der Waals surface area contributed by atoms with E-state index in [1.807, 2.05) is 18.2 Å². The zero-order valence-electron chi connectivity index (χ0n) is 19.6. The SMILES string of the molecule is COc1ccccc1-n1nc(C(=O)NCCCN2C[C@H](C)C[C@H](C)C2)c2ccccc2c1=O. The van der Waals surface area contributed by atoms with Crippen LogP contribution < -0.4 is 15.6 Å². The van der Waals surface area contributed by atoms with Gasteiger partial charge in [-0.25, -0.2) is 0 Å². The van der Waals surface area contributed by atoms with E-state index in [9.17, 15) is 9.59 Å². The second kappa shape index (κ2) is 10.2. The molecule has 0 bridgehead atoms. The van der Waals surface area contributed by atoms with Crippen molar-refractivity contribution in [2.75, 3.05) is 33.3 Å². The molecule has 1 aliphatic heterocycles. The van der Waals surface area contributed by atoms with Gasteiger partial charge in [0.25, 0.3) is 11.5 Å². The fourth-order valence-corrected chi connectivity index (χ4v) is 4.89. The van der Waals surface area contributed by atoms with Crippen LogP contribution in [0.25, 0.3) is 16.5 Å². The van der Waals surface area contributed by atoms with Crippen LogP contribution in [0.5, 0.6) is 5.75 Å². The average molecular weight is 449 g/mol. The van der Waals surface area contributed by atoms with E-state index in [1.54, 1.807) is 37.4 Å². The molecular weight excluding hydrogens is 416 g/mol. The lowest BCUT2D eigenvalue weighted by molar-refractivity contribution is 0.0942. The van der Waals surface area contributed by atoms with E-state index < -0.39 is 0 Å². The molecule has 4 rings (SSSR count). The number of hydrogen-bond donors (Lipinski definition) is 1. The highest BCUT2D eigenvalue weighted by Crippen LogP contribution is 2.22. The summed E-state index contributed by atoms with van der Waals surface area (Å²) in [6.45, 7) is 8.37. The molecule has 0 saturated carbocycles. The minimum absolute atomic E-state index is 0.233. The van der Waals surface area contributed by atoms with Crippen LogP contribution in [0.1, 0.15) is 37.2 Å². The fraction of sp³-hybridized carbons (Fsp3) is 0.423. The third kappa shape index (κ3) is 5.09. The van der Waals surface area contributed by atoms with E-state index in [0.717, 1.165) is 37.9 Å². The number of likely N-dealkylation sites (tertiary alicyclic amines) is 1. The van der Waals surface area contributed by atoms with Crippen molar-refractivity contribution in [1.82, 2.24) is 20.0 Å². The summed E-state index contributed by atoms with van der Waals surface area (Å²) in [6.07, 6.45) is 2.16. The van der Waals surface area contributed by atoms with Crippen LogP contribution >= 0.6 is 0 Å². The molecule has 1 amide bonds. The number of ether oxygens (including phenoxy) is 1. The largest absolute Gasteiger partial charge is 0.494 e. The number of aromatic nitrogens is 2. The standard InChI is InChI=1S/C26H32N4O3/c1-18-15-19(2)17-29(16-18)14-8-13-27-25(31)24-20-9-4-5-10-21(20)26(32)30(28-24)22-11-6-7-12-23(22)33-3/h4-7,9-12,18-19H,8,13-17H2,1-3H3,(H,27,31)/t18-,19+. The number of nitrogens with zero attached hydrogens (tertiary/aromatic N) is 3. The van der Waals surface area contributed by atoms with Gasteiger partial charge in [0.1, 0.15) is 11.4 Å². The number of carbonyl (C=O) groups is 1. The Hall–Kier alpha value is -3.19. The maximum atomic E-state index is 13.2. The van der Waals surface area contributed by atoms with Gasteiger partial charge in [0.2, 0.25) is 0 Å². The number of amides is 1. The van der Waals surface area contributed by atoms with Gasteiger partial charge < -0.3 is 15.0 Å². The summed E-state index contributed by atoms with van der Waals surface area (Å²) in [5.74, 6) is 1.67. The first kappa shape index (κ1) is 23.0. The lowest BCUT2D eigenvalue weighted by atomic mass is 9.92. The van der Waals surface area contributed by atoms with Gasteiger partial charge in [-0.3, -0.25) is 9.59 Å². The van der Waals surface area contributed by atoms with Crippen molar-refractivity contribution in [3.8, 4) is 11.4 Å². The van der Waals surface area contributed by atoms with Gasteiger partial charge in [0.05, 0.1) is 12.5 Å². The van der Waals surface area contributed by atoms with E-state index in [-0.39, 0.29) is 17.2 Å². The predicted molar refractivity (Wildman–Crippen MR) is 130 cm³/mol. The molecule has 2 atom stereocenters. The number of rotatable bonds is 7. The number of carbonyl (C=O) groups excluding carboxylic acids is 1. The predicted octanol–water partition coefficient (Wildman–Crippen LogP) is 3.49. The molecule has 174 valence electrons. The average Bonchev–Trinajstić information content (AvgIpc) is 2.81. The number of benzene rings is 2. The van der Waals surface area contributed by atoms with Gasteiger partial charge in [-0.15, -0.1) is 0 Å². The van der Waals surface area contributed by atoms with E-state index in [4.69, 9.17) is 4.74 Å². The molecule has 0 radical (unpaired) electrons. The first-order valence-electron chi connectivity index (χ1n) is 11.6. The smallest absolute Gasteiger partial charge is 0.279 e. The molecule has 33 heavy (non-hydrogen) atoms. The highest BCUT2D eigenvalue weighted by atomic mass is 16.5. The Kier molecular flexibility index (Phi) is 7.08. The zero-order valence-corrected chi connectivity index (χ0v) is 19.6. The summed E-state index contributed by atoms with van der Waals surface area (Å²) in [6, 6.07) is 14.2. The lowest BCUT2D eigenvalue weighted by Crippen LogP contribution is -2.40. The molecule has 1 aliphatic rings. The normalized spacial score (nSPS) is 18.9. The molecule has 7 nitrogen and oxygen atoms in total. The molecule has 1 aromatic heterocycles. The topological polar surface area (TPSA) is 76.5 Å². The first-order valence-corrected chi connectivity index (χ1v) is 11.6. The summed E-state index contributed by atoms with van der Waals surface area (Å²) < 4.78 is 6.67. The molecule has 1 fully saturated rings. The van der Waals surface area contributed by atoms with Crippen LogP contribution in [-0.4, -0.2) is 53.9 Å². The van der Waals surface area contributed by atoms with E-state index in [2.05, 4.69) is 29.2 Å².